The van der Waals surface area contributed by atoms with Gasteiger partial charge in [-0.1, -0.05) is 0 Å². The number of hydrogen-bond donors (Lipinski definition) is 0. The van der Waals surface area contributed by atoms with Crippen molar-refractivity contribution in [3.05, 3.63) is 29.6 Å². The Hall–Kier alpha value is -1.58. The van der Waals surface area contributed by atoms with Gasteiger partial charge in [0.15, 0.2) is 0 Å². The predicted octanol–water partition coefficient (Wildman–Crippen LogP) is 3.49. The van der Waals surface area contributed by atoms with Crippen LogP contribution < -0.4 is 0 Å². The lowest BCUT2D eigenvalue weighted by Gasteiger charge is -2.14. The van der Waals surface area contributed by atoms with Crippen molar-refractivity contribution in [2.45, 2.75) is 40.3 Å². The van der Waals surface area contributed by atoms with Crippen molar-refractivity contribution < 1.29 is 4.39 Å². The van der Waals surface area contributed by atoms with Crippen LogP contribution in [-0.2, 0) is 5.67 Å². The second-order valence-electron chi connectivity index (χ2n) is 4.67. The van der Waals surface area contributed by atoms with E-state index in [1.54, 1.807) is 12.3 Å². The molecule has 0 N–H and O–H groups in total. The highest BCUT2D eigenvalue weighted by molar-refractivity contribution is 5.98. The Balaban J connectivity index is 3.08. The Kier molecular flexibility index (Phi) is 4.10. The van der Waals surface area contributed by atoms with Crippen LogP contribution in [0.3, 0.4) is 0 Å². The zero-order valence-corrected chi connectivity index (χ0v) is 11.0. The van der Waals surface area contributed by atoms with E-state index in [2.05, 4.69) is 15.2 Å². The molecule has 17 heavy (non-hydrogen) atoms. The Morgan fingerprint density at radius 3 is 2.35 bits per heavy atom. The quantitative estimate of drug-likeness (QED) is 0.583. The molecule has 3 nitrogen and oxygen atoms in total. The maximum absolute atomic E-state index is 13.8. The van der Waals surface area contributed by atoms with E-state index in [1.807, 2.05) is 20.8 Å². The van der Waals surface area contributed by atoms with Crippen LogP contribution in [0.1, 0.15) is 45.7 Å². The molecule has 1 aromatic rings. The first-order valence-electron chi connectivity index (χ1n) is 5.51. The van der Waals surface area contributed by atoms with E-state index in [0.29, 0.717) is 5.56 Å². The fourth-order valence-corrected chi connectivity index (χ4v) is 1.20. The zero-order chi connectivity index (χ0) is 13.1. The minimum absolute atomic E-state index is 0.543. The highest BCUT2D eigenvalue weighted by atomic mass is 19.1. The molecule has 4 heteroatoms. The number of hydrogen-bond acceptors (Lipinski definition) is 3. The summed E-state index contributed by atoms with van der Waals surface area (Å²) in [5.41, 5.74) is 1.54. The number of rotatable bonds is 3. The number of pyridine rings is 1. The molecule has 0 spiro atoms. The summed E-state index contributed by atoms with van der Waals surface area (Å²) in [4.78, 5) is 4.03. The van der Waals surface area contributed by atoms with Gasteiger partial charge >= 0.3 is 0 Å². The molecule has 0 amide bonds. The van der Waals surface area contributed by atoms with Crippen molar-refractivity contribution in [1.82, 2.24) is 4.98 Å². The Morgan fingerprint density at radius 2 is 1.82 bits per heavy atom. The largest absolute Gasteiger partial charge is 0.264 e. The van der Waals surface area contributed by atoms with Gasteiger partial charge in [0.05, 0.1) is 5.71 Å². The topological polar surface area (TPSA) is 37.6 Å². The van der Waals surface area contributed by atoms with Gasteiger partial charge in [-0.25, -0.2) is 4.39 Å². The summed E-state index contributed by atoms with van der Waals surface area (Å²) in [6, 6.07) is 1.76. The van der Waals surface area contributed by atoms with Crippen LogP contribution in [-0.4, -0.2) is 16.4 Å². The summed E-state index contributed by atoms with van der Waals surface area (Å²) in [6.45, 7) is 8.59. The number of alkyl halides is 1. The van der Waals surface area contributed by atoms with Gasteiger partial charge in [0.2, 0.25) is 0 Å². The minimum Gasteiger partial charge on any atom is -0.264 e. The smallest absolute Gasteiger partial charge is 0.131 e. The molecule has 0 saturated heterocycles. The summed E-state index contributed by atoms with van der Waals surface area (Å²) in [5, 5.41) is 8.04. The summed E-state index contributed by atoms with van der Waals surface area (Å²) < 4.78 is 13.8. The summed E-state index contributed by atoms with van der Waals surface area (Å²) in [5.74, 6) is 0. The van der Waals surface area contributed by atoms with Gasteiger partial charge < -0.3 is 0 Å². The molecular formula is C13H18FN3. The van der Waals surface area contributed by atoms with Crippen LogP contribution >= 0.6 is 0 Å². The normalized spacial score (nSPS) is 12.5. The number of aromatic nitrogens is 1. The van der Waals surface area contributed by atoms with Gasteiger partial charge in [-0.15, -0.1) is 0 Å². The third kappa shape index (κ3) is 4.06. The fraction of sp³-hybridized carbons (Fsp3) is 0.462. The van der Waals surface area contributed by atoms with Crippen molar-refractivity contribution in [2.75, 3.05) is 0 Å². The van der Waals surface area contributed by atoms with Crippen molar-refractivity contribution in [2.24, 2.45) is 10.2 Å². The average Bonchev–Trinajstić information content (AvgIpc) is 2.25. The molecule has 0 atom stereocenters. The Bertz CT molecular complexity index is 452. The second-order valence-corrected chi connectivity index (χ2v) is 4.67. The SMILES string of the molecule is CC(C)=N/N=C(\C)c1cncc(C(C)(C)F)c1. The first kappa shape index (κ1) is 13.5. The van der Waals surface area contributed by atoms with E-state index in [1.165, 1.54) is 20.0 Å². The van der Waals surface area contributed by atoms with E-state index < -0.39 is 5.67 Å². The minimum atomic E-state index is -1.40. The molecule has 0 fully saturated rings. The molecule has 0 bridgehead atoms. The van der Waals surface area contributed by atoms with E-state index in [9.17, 15) is 4.39 Å². The first-order chi connectivity index (χ1) is 7.80. The molecule has 92 valence electrons. The van der Waals surface area contributed by atoms with Crippen molar-refractivity contribution in [3.63, 3.8) is 0 Å². The summed E-state index contributed by atoms with van der Waals surface area (Å²) in [7, 11) is 0. The van der Waals surface area contributed by atoms with Gasteiger partial charge in [0.1, 0.15) is 5.67 Å². The van der Waals surface area contributed by atoms with E-state index in [-0.39, 0.29) is 0 Å². The summed E-state index contributed by atoms with van der Waals surface area (Å²) in [6.07, 6.45) is 3.19. The molecule has 1 aromatic heterocycles. The van der Waals surface area contributed by atoms with Gasteiger partial charge in [-0.3, -0.25) is 4.98 Å². The van der Waals surface area contributed by atoms with Crippen molar-refractivity contribution in [3.8, 4) is 0 Å². The molecule has 0 aromatic carbocycles. The Labute approximate surface area is 101 Å². The maximum atomic E-state index is 13.8. The van der Waals surface area contributed by atoms with Crippen LogP contribution in [0.25, 0.3) is 0 Å². The van der Waals surface area contributed by atoms with E-state index in [4.69, 9.17) is 0 Å². The Morgan fingerprint density at radius 1 is 1.18 bits per heavy atom. The molecule has 0 aliphatic carbocycles. The maximum Gasteiger partial charge on any atom is 0.131 e. The van der Waals surface area contributed by atoms with Crippen LogP contribution in [0.15, 0.2) is 28.7 Å². The molecule has 0 saturated carbocycles. The van der Waals surface area contributed by atoms with Crippen molar-refractivity contribution >= 4 is 11.4 Å². The third-order valence-corrected chi connectivity index (χ3v) is 2.24. The number of nitrogens with zero attached hydrogens (tertiary/aromatic N) is 3. The van der Waals surface area contributed by atoms with Crippen LogP contribution in [0.5, 0.6) is 0 Å². The van der Waals surface area contributed by atoms with E-state index in [0.717, 1.165) is 17.0 Å². The van der Waals surface area contributed by atoms with E-state index >= 15 is 0 Å². The monoisotopic (exact) mass is 235 g/mol. The third-order valence-electron chi connectivity index (χ3n) is 2.24. The highest BCUT2D eigenvalue weighted by Gasteiger charge is 2.19. The zero-order valence-electron chi connectivity index (χ0n) is 11.0. The molecular weight excluding hydrogens is 217 g/mol. The molecule has 0 aliphatic heterocycles. The molecule has 1 heterocycles. The standard InChI is InChI=1S/C13H18FN3/c1-9(2)16-17-10(3)11-6-12(8-15-7-11)13(4,5)14/h6-8H,1-5H3/b17-10+. The second kappa shape index (κ2) is 5.17. The fourth-order valence-electron chi connectivity index (χ4n) is 1.20. The molecule has 1 rings (SSSR count). The highest BCUT2D eigenvalue weighted by Crippen LogP contribution is 2.24. The lowest BCUT2D eigenvalue weighted by Crippen LogP contribution is -2.11. The van der Waals surface area contributed by atoms with Gasteiger partial charge in [-0.2, -0.15) is 10.2 Å². The lowest BCUT2D eigenvalue weighted by molar-refractivity contribution is 0.221. The van der Waals surface area contributed by atoms with Gasteiger partial charge in [0.25, 0.3) is 0 Å². The van der Waals surface area contributed by atoms with Crippen molar-refractivity contribution in [1.29, 1.82) is 0 Å². The summed E-state index contributed by atoms with van der Waals surface area (Å²) >= 11 is 0. The first-order valence-corrected chi connectivity index (χ1v) is 5.51. The number of halogens is 1. The van der Waals surface area contributed by atoms with Gasteiger partial charge in [0, 0.05) is 29.2 Å². The van der Waals surface area contributed by atoms with Crippen LogP contribution in [0.2, 0.25) is 0 Å². The molecule has 0 unspecified atom stereocenters. The van der Waals surface area contributed by atoms with Gasteiger partial charge in [-0.05, 0) is 40.7 Å². The predicted molar refractivity (Wildman–Crippen MR) is 69.4 cm³/mol. The molecule has 0 radical (unpaired) electrons. The van der Waals surface area contributed by atoms with Crippen LogP contribution in [0.4, 0.5) is 4.39 Å². The van der Waals surface area contributed by atoms with Crippen LogP contribution in [0, 0.1) is 0 Å². The molecule has 0 aliphatic rings. The average molecular weight is 235 g/mol. The lowest BCUT2D eigenvalue weighted by atomic mass is 10.00.